The van der Waals surface area contributed by atoms with Crippen LogP contribution in [0, 0.1) is 0 Å². The van der Waals surface area contributed by atoms with Gasteiger partial charge in [-0.15, -0.1) is 10.2 Å². The van der Waals surface area contributed by atoms with E-state index in [0.29, 0.717) is 0 Å². The summed E-state index contributed by atoms with van der Waals surface area (Å²) >= 11 is 0. The molecule has 0 unspecified atom stereocenters. The maximum Gasteiger partial charge on any atom is 0.174 e. The zero-order valence-electron chi connectivity index (χ0n) is 12.6. The molecule has 19 heavy (non-hydrogen) atoms. The minimum Gasteiger partial charge on any atom is -0.177 e. The average molecular weight is 262 g/mol. The van der Waals surface area contributed by atoms with Gasteiger partial charge in [0.15, 0.2) is 5.82 Å². The van der Waals surface area contributed by atoms with Crippen LogP contribution in [0.2, 0.25) is 0 Å². The smallest absolute Gasteiger partial charge is 0.174 e. The fraction of sp³-hybridized carbons (Fsp3) is 0.533. The lowest BCUT2D eigenvalue weighted by atomic mass is 9.86. The van der Waals surface area contributed by atoms with Crippen molar-refractivity contribution < 1.29 is 1.43 Å². The topological polar surface area (TPSA) is 54.5 Å². The van der Waals surface area contributed by atoms with Crippen LogP contribution in [0.3, 0.4) is 0 Å². The monoisotopic (exact) mass is 262 g/mol. The standard InChI is InChI=1S/C13H18N4.C2H6.H2/c1-13(2,3)11-6-4-5-10(9-11)7-8-12-14-16-17-15-12;1-2;/h4-6,9H,7-8H2,1-3H3,(H,14,15,16,17);1-2H3;1H. The summed E-state index contributed by atoms with van der Waals surface area (Å²) in [6.45, 7) is 10.7. The minimum atomic E-state index is 0. The van der Waals surface area contributed by atoms with Crippen LogP contribution in [-0.4, -0.2) is 20.6 Å². The molecule has 1 N–H and O–H groups in total. The number of nitrogens with one attached hydrogen (secondary N) is 1. The molecule has 0 aliphatic carbocycles. The van der Waals surface area contributed by atoms with E-state index in [9.17, 15) is 0 Å². The molecule has 0 bridgehead atoms. The highest BCUT2D eigenvalue weighted by Gasteiger charge is 2.13. The highest BCUT2D eigenvalue weighted by atomic mass is 15.5. The Bertz CT molecular complexity index is 475. The van der Waals surface area contributed by atoms with E-state index in [-0.39, 0.29) is 6.84 Å². The molecule has 2 rings (SSSR count). The predicted octanol–water partition coefficient (Wildman–Crippen LogP) is 3.55. The normalized spacial score (nSPS) is 10.8. The molecule has 106 valence electrons. The maximum atomic E-state index is 3.96. The quantitative estimate of drug-likeness (QED) is 0.920. The van der Waals surface area contributed by atoms with Crippen LogP contribution in [0.5, 0.6) is 0 Å². The number of aromatic amines is 1. The van der Waals surface area contributed by atoms with Crippen molar-refractivity contribution in [2.24, 2.45) is 0 Å². The highest BCUT2D eigenvalue weighted by molar-refractivity contribution is 5.28. The number of rotatable bonds is 3. The van der Waals surface area contributed by atoms with Crippen molar-refractivity contribution in [3.8, 4) is 0 Å². The number of nitrogens with zero attached hydrogens (tertiary/aromatic N) is 3. The number of benzene rings is 1. The van der Waals surface area contributed by atoms with Crippen molar-refractivity contribution >= 4 is 0 Å². The van der Waals surface area contributed by atoms with Crippen LogP contribution >= 0.6 is 0 Å². The molecule has 4 nitrogen and oxygen atoms in total. The van der Waals surface area contributed by atoms with Gasteiger partial charge in [-0.05, 0) is 23.0 Å². The van der Waals surface area contributed by atoms with Crippen LogP contribution < -0.4 is 0 Å². The van der Waals surface area contributed by atoms with Crippen LogP contribution in [0.25, 0.3) is 0 Å². The Hall–Kier alpha value is -1.71. The fourth-order valence-electron chi connectivity index (χ4n) is 1.74. The second kappa shape index (κ2) is 7.02. The van der Waals surface area contributed by atoms with Gasteiger partial charge >= 0.3 is 0 Å². The van der Waals surface area contributed by atoms with Crippen LogP contribution in [0.15, 0.2) is 24.3 Å². The Kier molecular flexibility index (Phi) is 5.67. The molecule has 2 aromatic rings. The second-order valence-corrected chi connectivity index (χ2v) is 5.28. The molecule has 0 fully saturated rings. The molecule has 1 heterocycles. The fourth-order valence-corrected chi connectivity index (χ4v) is 1.74. The predicted molar refractivity (Wildman–Crippen MR) is 80.2 cm³/mol. The van der Waals surface area contributed by atoms with Crippen LogP contribution in [0.4, 0.5) is 0 Å². The molecule has 0 saturated carbocycles. The van der Waals surface area contributed by atoms with Gasteiger partial charge in [-0.25, -0.2) is 0 Å². The van der Waals surface area contributed by atoms with Crippen molar-refractivity contribution in [1.82, 2.24) is 20.6 Å². The van der Waals surface area contributed by atoms with Gasteiger partial charge in [0, 0.05) is 7.85 Å². The third kappa shape index (κ3) is 4.81. The van der Waals surface area contributed by atoms with Gasteiger partial charge < -0.3 is 0 Å². The first-order chi connectivity index (χ1) is 9.05. The van der Waals surface area contributed by atoms with E-state index in [1.165, 1.54) is 11.1 Å². The summed E-state index contributed by atoms with van der Waals surface area (Å²) in [6.07, 6.45) is 1.77. The van der Waals surface area contributed by atoms with Gasteiger partial charge in [0.05, 0.1) is 0 Å². The summed E-state index contributed by atoms with van der Waals surface area (Å²) in [7, 11) is 0. The molecular formula is C15H26N4. The summed E-state index contributed by atoms with van der Waals surface area (Å²) in [4.78, 5) is 0. The zero-order chi connectivity index (χ0) is 14.3. The van der Waals surface area contributed by atoms with Gasteiger partial charge in [0.25, 0.3) is 0 Å². The van der Waals surface area contributed by atoms with Crippen molar-refractivity contribution in [3.05, 3.63) is 41.2 Å². The zero-order valence-corrected chi connectivity index (χ0v) is 12.6. The lowest BCUT2D eigenvalue weighted by Crippen LogP contribution is -2.11. The van der Waals surface area contributed by atoms with E-state index < -0.39 is 0 Å². The Labute approximate surface area is 117 Å². The summed E-state index contributed by atoms with van der Waals surface area (Å²) in [5.41, 5.74) is 2.88. The van der Waals surface area contributed by atoms with Gasteiger partial charge in [-0.3, -0.25) is 0 Å². The molecule has 0 spiro atoms. The summed E-state index contributed by atoms with van der Waals surface area (Å²) in [5, 5.41) is 13.9. The number of aromatic nitrogens is 4. The van der Waals surface area contributed by atoms with Crippen molar-refractivity contribution in [1.29, 1.82) is 0 Å². The van der Waals surface area contributed by atoms with Gasteiger partial charge in [-0.2, -0.15) is 5.21 Å². The molecule has 0 aliphatic rings. The number of hydrogen-bond donors (Lipinski definition) is 1. The van der Waals surface area contributed by atoms with Gasteiger partial charge in [0.1, 0.15) is 0 Å². The average Bonchev–Trinajstić information content (AvgIpc) is 2.91. The third-order valence-electron chi connectivity index (χ3n) is 2.82. The minimum absolute atomic E-state index is 0. The molecule has 0 aliphatic heterocycles. The molecule has 1 aromatic heterocycles. The summed E-state index contributed by atoms with van der Waals surface area (Å²) < 4.78 is 0. The first-order valence-electron chi connectivity index (χ1n) is 6.87. The van der Waals surface area contributed by atoms with Crippen LogP contribution in [0.1, 0.15) is 53.0 Å². The molecular weight excluding hydrogens is 236 g/mol. The number of H-pyrrole nitrogens is 1. The van der Waals surface area contributed by atoms with Gasteiger partial charge in [0.2, 0.25) is 0 Å². The first-order valence-corrected chi connectivity index (χ1v) is 6.87. The summed E-state index contributed by atoms with van der Waals surface area (Å²) in [6, 6.07) is 8.71. The molecule has 0 atom stereocenters. The third-order valence-corrected chi connectivity index (χ3v) is 2.82. The Morgan fingerprint density at radius 2 is 1.89 bits per heavy atom. The number of aryl methyl sites for hydroxylation is 2. The number of tetrazole rings is 1. The SMILES string of the molecule is CC.CC(C)(C)c1cccc(CCc2nn[nH]n2)c1.[HH]. The molecule has 0 radical (unpaired) electrons. The van der Waals surface area contributed by atoms with Crippen molar-refractivity contribution in [3.63, 3.8) is 0 Å². The lowest BCUT2D eigenvalue weighted by molar-refractivity contribution is 0.589. The van der Waals surface area contributed by atoms with Crippen LogP contribution in [-0.2, 0) is 18.3 Å². The number of hydrogen-bond acceptors (Lipinski definition) is 3. The molecule has 1 aromatic carbocycles. The Morgan fingerprint density at radius 1 is 1.16 bits per heavy atom. The summed E-state index contributed by atoms with van der Waals surface area (Å²) in [5.74, 6) is 0.770. The van der Waals surface area contributed by atoms with E-state index in [0.717, 1.165) is 18.7 Å². The van der Waals surface area contributed by atoms with E-state index >= 15 is 0 Å². The molecule has 4 heteroatoms. The van der Waals surface area contributed by atoms with E-state index in [1.54, 1.807) is 0 Å². The largest absolute Gasteiger partial charge is 0.177 e. The Morgan fingerprint density at radius 3 is 2.47 bits per heavy atom. The second-order valence-electron chi connectivity index (χ2n) is 5.28. The van der Waals surface area contributed by atoms with E-state index in [2.05, 4.69) is 65.7 Å². The molecule has 0 amide bonds. The van der Waals surface area contributed by atoms with E-state index in [4.69, 9.17) is 0 Å². The highest BCUT2D eigenvalue weighted by Crippen LogP contribution is 2.23. The first kappa shape index (κ1) is 15.3. The lowest BCUT2D eigenvalue weighted by Gasteiger charge is -2.19. The van der Waals surface area contributed by atoms with E-state index in [1.807, 2.05) is 13.8 Å². The molecule has 0 saturated heterocycles. The van der Waals surface area contributed by atoms with Crippen molar-refractivity contribution in [2.45, 2.75) is 52.9 Å². The Balaban J connectivity index is 0.00000115. The van der Waals surface area contributed by atoms with Gasteiger partial charge in [-0.1, -0.05) is 64.1 Å². The maximum absolute atomic E-state index is 3.96. The van der Waals surface area contributed by atoms with Crippen molar-refractivity contribution in [2.75, 3.05) is 0 Å².